The first-order valence-electron chi connectivity index (χ1n) is 10.8. The summed E-state index contributed by atoms with van der Waals surface area (Å²) in [7, 11) is 0. The summed E-state index contributed by atoms with van der Waals surface area (Å²) in [5, 5.41) is 5.94. The molecular formula is C22H29F3N4O3. The van der Waals surface area contributed by atoms with Crippen molar-refractivity contribution < 1.29 is 27.5 Å². The monoisotopic (exact) mass is 454 g/mol. The van der Waals surface area contributed by atoms with Gasteiger partial charge in [-0.25, -0.2) is 9.59 Å². The van der Waals surface area contributed by atoms with Crippen LogP contribution in [0.4, 0.5) is 18.0 Å². The first-order valence-corrected chi connectivity index (χ1v) is 10.8. The van der Waals surface area contributed by atoms with Gasteiger partial charge in [0.25, 0.3) is 0 Å². The molecule has 1 fully saturated rings. The van der Waals surface area contributed by atoms with Crippen LogP contribution < -0.4 is 10.6 Å². The number of ether oxygens (including phenoxy) is 1. The standard InChI is InChI=1S/C22H29F3N4O3/c1-4-29-17(13-28-11-10-26-14(3)12-28)18(20(30)32-5-2)19(27-21(29)31)15-8-6-7-9-16(15)22(23,24)25/h6-9,14,19,26H,4-5,10-13H2,1-3H3,(H,27,31). The van der Waals surface area contributed by atoms with Crippen LogP contribution in [0.5, 0.6) is 0 Å². The Morgan fingerprint density at radius 2 is 1.97 bits per heavy atom. The Balaban J connectivity index is 2.16. The minimum absolute atomic E-state index is 0.0381. The molecule has 3 rings (SSSR count). The lowest BCUT2D eigenvalue weighted by Crippen LogP contribution is -2.54. The Hall–Kier alpha value is -2.59. The van der Waals surface area contributed by atoms with Gasteiger partial charge in [0.2, 0.25) is 0 Å². The largest absolute Gasteiger partial charge is 0.463 e. The number of hydrogen-bond acceptors (Lipinski definition) is 5. The molecule has 2 aliphatic rings. The van der Waals surface area contributed by atoms with Gasteiger partial charge in [-0.3, -0.25) is 9.80 Å². The van der Waals surface area contributed by atoms with Crippen LogP contribution in [0.25, 0.3) is 0 Å². The molecule has 1 aromatic rings. The van der Waals surface area contributed by atoms with Crippen LogP contribution in [-0.2, 0) is 15.7 Å². The molecule has 1 aromatic carbocycles. The number of rotatable bonds is 6. The quantitative estimate of drug-likeness (QED) is 0.647. The van der Waals surface area contributed by atoms with Crippen LogP contribution in [0, 0.1) is 0 Å². The highest BCUT2D eigenvalue weighted by atomic mass is 19.4. The van der Waals surface area contributed by atoms with E-state index in [1.807, 2.05) is 6.92 Å². The second-order valence-electron chi connectivity index (χ2n) is 7.88. The first kappa shape index (κ1) is 24.1. The summed E-state index contributed by atoms with van der Waals surface area (Å²) in [5.74, 6) is -0.730. The van der Waals surface area contributed by atoms with Gasteiger partial charge in [0, 0.05) is 44.5 Å². The highest BCUT2D eigenvalue weighted by Crippen LogP contribution is 2.39. The van der Waals surface area contributed by atoms with Crippen LogP contribution in [0.1, 0.15) is 37.9 Å². The summed E-state index contributed by atoms with van der Waals surface area (Å²) in [6.07, 6.45) is -4.64. The highest BCUT2D eigenvalue weighted by molar-refractivity contribution is 5.95. The number of urea groups is 1. The third-order valence-corrected chi connectivity index (χ3v) is 5.65. The van der Waals surface area contributed by atoms with Crippen LogP contribution in [0.2, 0.25) is 0 Å². The van der Waals surface area contributed by atoms with E-state index in [9.17, 15) is 22.8 Å². The summed E-state index contributed by atoms with van der Waals surface area (Å²) in [6.45, 7) is 8.11. The highest BCUT2D eigenvalue weighted by Gasteiger charge is 2.42. The fourth-order valence-corrected chi connectivity index (χ4v) is 4.27. The van der Waals surface area contributed by atoms with Crippen molar-refractivity contribution >= 4 is 12.0 Å². The molecule has 2 heterocycles. The maximum absolute atomic E-state index is 13.8. The predicted octanol–water partition coefficient (Wildman–Crippen LogP) is 2.90. The van der Waals surface area contributed by atoms with E-state index in [4.69, 9.17) is 4.74 Å². The molecule has 2 amide bonds. The second-order valence-corrected chi connectivity index (χ2v) is 7.88. The van der Waals surface area contributed by atoms with Gasteiger partial charge in [-0.2, -0.15) is 13.2 Å². The molecular weight excluding hydrogens is 425 g/mol. The van der Waals surface area contributed by atoms with E-state index in [0.717, 1.165) is 12.6 Å². The number of benzene rings is 1. The summed E-state index contributed by atoms with van der Waals surface area (Å²) < 4.78 is 46.5. The van der Waals surface area contributed by atoms with Gasteiger partial charge in [0.05, 0.1) is 23.8 Å². The molecule has 0 aromatic heterocycles. The summed E-state index contributed by atoms with van der Waals surface area (Å²) in [6, 6.07) is 3.39. The van der Waals surface area contributed by atoms with E-state index in [1.54, 1.807) is 13.8 Å². The number of likely N-dealkylation sites (N-methyl/N-ethyl adjacent to an activating group) is 1. The second kappa shape index (κ2) is 9.91. The molecule has 10 heteroatoms. The normalized spacial score (nSPS) is 22.7. The number of nitrogens with one attached hydrogen (secondary N) is 2. The number of halogens is 3. The first-order chi connectivity index (χ1) is 15.2. The molecule has 2 atom stereocenters. The van der Waals surface area contributed by atoms with E-state index in [1.165, 1.54) is 23.1 Å². The summed E-state index contributed by atoms with van der Waals surface area (Å²) >= 11 is 0. The predicted molar refractivity (Wildman–Crippen MR) is 113 cm³/mol. The van der Waals surface area contributed by atoms with Crippen LogP contribution in [-0.4, -0.2) is 67.2 Å². The summed E-state index contributed by atoms with van der Waals surface area (Å²) in [4.78, 5) is 29.5. The minimum Gasteiger partial charge on any atom is -0.463 e. The average molecular weight is 454 g/mol. The van der Waals surface area contributed by atoms with Crippen LogP contribution >= 0.6 is 0 Å². The Labute approximate surface area is 185 Å². The van der Waals surface area contributed by atoms with Gasteiger partial charge in [-0.1, -0.05) is 18.2 Å². The molecule has 0 spiro atoms. The molecule has 176 valence electrons. The van der Waals surface area contributed by atoms with Crippen molar-refractivity contribution in [1.29, 1.82) is 0 Å². The van der Waals surface area contributed by atoms with Gasteiger partial charge < -0.3 is 15.4 Å². The third-order valence-electron chi connectivity index (χ3n) is 5.65. The average Bonchev–Trinajstić information content (AvgIpc) is 2.73. The van der Waals surface area contributed by atoms with Crippen molar-refractivity contribution in [2.75, 3.05) is 39.3 Å². The van der Waals surface area contributed by atoms with E-state index in [-0.39, 0.29) is 36.9 Å². The Morgan fingerprint density at radius 1 is 1.25 bits per heavy atom. The SMILES string of the molecule is CCOC(=O)C1=C(CN2CCNC(C)C2)N(CC)C(=O)NC1c1ccccc1C(F)(F)F. The lowest BCUT2D eigenvalue weighted by molar-refractivity contribution is -0.141. The van der Waals surface area contributed by atoms with Crippen molar-refractivity contribution in [2.45, 2.75) is 39.0 Å². The smallest absolute Gasteiger partial charge is 0.416 e. The molecule has 0 aliphatic carbocycles. The number of carbonyl (C=O) groups excluding carboxylic acids is 2. The zero-order valence-electron chi connectivity index (χ0n) is 18.5. The van der Waals surface area contributed by atoms with Crippen molar-refractivity contribution in [1.82, 2.24) is 20.4 Å². The molecule has 0 saturated carbocycles. The molecule has 0 radical (unpaired) electrons. The van der Waals surface area contributed by atoms with Gasteiger partial charge >= 0.3 is 18.2 Å². The fourth-order valence-electron chi connectivity index (χ4n) is 4.27. The van der Waals surface area contributed by atoms with Crippen molar-refractivity contribution in [2.24, 2.45) is 0 Å². The maximum atomic E-state index is 13.8. The van der Waals surface area contributed by atoms with E-state index >= 15 is 0 Å². The number of nitrogens with zero attached hydrogens (tertiary/aromatic N) is 2. The van der Waals surface area contributed by atoms with Crippen molar-refractivity contribution in [3.63, 3.8) is 0 Å². The Bertz CT molecular complexity index is 887. The molecule has 7 nitrogen and oxygen atoms in total. The molecule has 2 N–H and O–H groups in total. The van der Waals surface area contributed by atoms with E-state index in [0.29, 0.717) is 18.8 Å². The van der Waals surface area contributed by atoms with E-state index < -0.39 is 29.8 Å². The van der Waals surface area contributed by atoms with Gasteiger partial charge in [0.1, 0.15) is 0 Å². The lowest BCUT2D eigenvalue weighted by Gasteiger charge is -2.40. The molecule has 32 heavy (non-hydrogen) atoms. The fraction of sp³-hybridized carbons (Fsp3) is 0.545. The van der Waals surface area contributed by atoms with Gasteiger partial charge in [-0.15, -0.1) is 0 Å². The van der Waals surface area contributed by atoms with Crippen molar-refractivity contribution in [3.05, 3.63) is 46.7 Å². The zero-order valence-corrected chi connectivity index (χ0v) is 18.5. The third kappa shape index (κ3) is 5.07. The maximum Gasteiger partial charge on any atom is 0.416 e. The molecule has 2 unspecified atom stereocenters. The lowest BCUT2D eigenvalue weighted by atomic mass is 9.90. The number of esters is 1. The number of hydrogen-bond donors (Lipinski definition) is 2. The topological polar surface area (TPSA) is 73.9 Å². The number of carbonyl (C=O) groups is 2. The molecule has 0 bridgehead atoms. The Morgan fingerprint density at radius 3 is 2.59 bits per heavy atom. The van der Waals surface area contributed by atoms with Gasteiger partial charge in [-0.05, 0) is 32.4 Å². The summed E-state index contributed by atoms with van der Waals surface area (Å²) in [5.41, 5.74) is -0.660. The minimum atomic E-state index is -4.64. The van der Waals surface area contributed by atoms with Crippen LogP contribution in [0.15, 0.2) is 35.5 Å². The molecule has 1 saturated heterocycles. The number of amides is 2. The number of piperazine rings is 1. The van der Waals surface area contributed by atoms with E-state index in [2.05, 4.69) is 15.5 Å². The van der Waals surface area contributed by atoms with Gasteiger partial charge in [0.15, 0.2) is 0 Å². The number of alkyl halides is 3. The molecule has 2 aliphatic heterocycles. The Kier molecular flexibility index (Phi) is 7.45. The van der Waals surface area contributed by atoms with Crippen molar-refractivity contribution in [3.8, 4) is 0 Å². The van der Waals surface area contributed by atoms with Crippen LogP contribution in [0.3, 0.4) is 0 Å². The zero-order chi connectivity index (χ0) is 23.5.